The van der Waals surface area contributed by atoms with Crippen LogP contribution in [0, 0.1) is 5.13 Å². The second-order valence-electron chi connectivity index (χ2n) is 3.89. The molecule has 0 unspecified atom stereocenters. The third-order valence-electron chi connectivity index (χ3n) is 2.49. The molecule has 2 rings (SSSR count). The lowest BCUT2D eigenvalue weighted by molar-refractivity contribution is 0.340. The number of halogens is 2. The largest absolute Gasteiger partial charge is 0.494 e. The molecular weight excluding hydrogens is 285 g/mol. The molecule has 0 aliphatic rings. The third kappa shape index (κ3) is 5.19. The standard InChI is InChI=1S/C14H16FNOS.ClH/c1-2-17-12-5-3-11(4-6-12)9-16-10-13-7-8-14(15)18-13;/h3-8,16H,2,9-10H2,1H3;1H. The van der Waals surface area contributed by atoms with Gasteiger partial charge < -0.3 is 10.1 Å². The third-order valence-corrected chi connectivity index (χ3v) is 3.37. The van der Waals surface area contributed by atoms with E-state index < -0.39 is 0 Å². The Kier molecular flexibility index (Phi) is 6.84. The van der Waals surface area contributed by atoms with Gasteiger partial charge in [0, 0.05) is 18.0 Å². The maximum Gasteiger partial charge on any atom is 0.176 e. The van der Waals surface area contributed by atoms with Crippen LogP contribution in [0.2, 0.25) is 0 Å². The minimum absolute atomic E-state index is 0. The summed E-state index contributed by atoms with van der Waals surface area (Å²) in [6.45, 7) is 4.12. The molecule has 19 heavy (non-hydrogen) atoms. The van der Waals surface area contributed by atoms with Crippen molar-refractivity contribution < 1.29 is 9.13 Å². The Morgan fingerprint density at radius 2 is 1.84 bits per heavy atom. The fraction of sp³-hybridized carbons (Fsp3) is 0.286. The van der Waals surface area contributed by atoms with Crippen LogP contribution < -0.4 is 10.1 Å². The zero-order chi connectivity index (χ0) is 12.8. The van der Waals surface area contributed by atoms with Gasteiger partial charge in [0.05, 0.1) is 6.61 Å². The second kappa shape index (κ2) is 8.15. The molecular formula is C14H17ClFNOS. The minimum atomic E-state index is -0.132. The molecule has 0 saturated heterocycles. The molecule has 1 aromatic carbocycles. The van der Waals surface area contributed by atoms with E-state index in [1.807, 2.05) is 37.3 Å². The van der Waals surface area contributed by atoms with Crippen LogP contribution >= 0.6 is 23.7 Å². The Labute approximate surface area is 123 Å². The first-order chi connectivity index (χ1) is 8.78. The van der Waals surface area contributed by atoms with E-state index in [-0.39, 0.29) is 17.5 Å². The van der Waals surface area contributed by atoms with Gasteiger partial charge in [0.1, 0.15) is 5.75 Å². The Bertz CT molecular complexity index is 486. The molecule has 0 spiro atoms. The zero-order valence-electron chi connectivity index (χ0n) is 10.7. The van der Waals surface area contributed by atoms with E-state index in [9.17, 15) is 4.39 Å². The molecule has 0 fully saturated rings. The SMILES string of the molecule is CCOc1ccc(CNCc2ccc(F)s2)cc1.Cl. The summed E-state index contributed by atoms with van der Waals surface area (Å²) in [6, 6.07) is 11.3. The maximum atomic E-state index is 12.8. The van der Waals surface area contributed by atoms with Gasteiger partial charge in [0.2, 0.25) is 0 Å². The van der Waals surface area contributed by atoms with Crippen LogP contribution in [0.25, 0.3) is 0 Å². The molecule has 0 atom stereocenters. The highest BCUT2D eigenvalue weighted by atomic mass is 35.5. The fourth-order valence-corrected chi connectivity index (χ4v) is 2.34. The molecule has 0 radical (unpaired) electrons. The van der Waals surface area contributed by atoms with E-state index >= 15 is 0 Å². The van der Waals surface area contributed by atoms with E-state index in [0.29, 0.717) is 13.2 Å². The van der Waals surface area contributed by atoms with Crippen molar-refractivity contribution in [2.24, 2.45) is 0 Å². The topological polar surface area (TPSA) is 21.3 Å². The van der Waals surface area contributed by atoms with Crippen molar-refractivity contribution in [1.29, 1.82) is 0 Å². The van der Waals surface area contributed by atoms with Gasteiger partial charge in [0.25, 0.3) is 0 Å². The quantitative estimate of drug-likeness (QED) is 0.871. The molecule has 1 aromatic heterocycles. The Morgan fingerprint density at radius 1 is 1.11 bits per heavy atom. The molecule has 1 N–H and O–H groups in total. The van der Waals surface area contributed by atoms with E-state index in [1.54, 1.807) is 0 Å². The molecule has 0 amide bonds. The second-order valence-corrected chi connectivity index (χ2v) is 5.00. The molecule has 0 aliphatic carbocycles. The maximum absolute atomic E-state index is 12.8. The molecule has 0 aliphatic heterocycles. The molecule has 104 valence electrons. The number of hydrogen-bond acceptors (Lipinski definition) is 3. The summed E-state index contributed by atoms with van der Waals surface area (Å²) >= 11 is 1.18. The summed E-state index contributed by atoms with van der Waals surface area (Å²) in [6.07, 6.45) is 0. The van der Waals surface area contributed by atoms with E-state index in [4.69, 9.17) is 4.74 Å². The van der Waals surface area contributed by atoms with E-state index in [0.717, 1.165) is 17.2 Å². The van der Waals surface area contributed by atoms with E-state index in [2.05, 4.69) is 5.32 Å². The zero-order valence-corrected chi connectivity index (χ0v) is 12.3. The van der Waals surface area contributed by atoms with Crippen LogP contribution in [0.3, 0.4) is 0 Å². The Hall–Kier alpha value is -1.10. The number of benzene rings is 1. The average Bonchev–Trinajstić information content (AvgIpc) is 2.78. The fourth-order valence-electron chi connectivity index (χ4n) is 1.65. The number of rotatable bonds is 6. The number of thiophene rings is 1. The highest BCUT2D eigenvalue weighted by Gasteiger charge is 1.99. The predicted octanol–water partition coefficient (Wildman–Crippen LogP) is 4.00. The number of nitrogens with one attached hydrogen (secondary N) is 1. The normalized spacial score (nSPS) is 10.0. The smallest absolute Gasteiger partial charge is 0.176 e. The minimum Gasteiger partial charge on any atom is -0.494 e. The lowest BCUT2D eigenvalue weighted by Crippen LogP contribution is -2.11. The van der Waals surface area contributed by atoms with Crippen molar-refractivity contribution in [1.82, 2.24) is 5.32 Å². The van der Waals surface area contributed by atoms with Crippen LogP contribution in [0.4, 0.5) is 4.39 Å². The van der Waals surface area contributed by atoms with Crippen molar-refractivity contribution in [2.45, 2.75) is 20.0 Å². The molecule has 1 heterocycles. The van der Waals surface area contributed by atoms with Gasteiger partial charge in [-0.2, -0.15) is 4.39 Å². The van der Waals surface area contributed by atoms with Crippen molar-refractivity contribution in [3.8, 4) is 5.75 Å². The first-order valence-corrected chi connectivity index (χ1v) is 6.76. The average molecular weight is 302 g/mol. The number of hydrogen-bond donors (Lipinski definition) is 1. The summed E-state index contributed by atoms with van der Waals surface area (Å²) in [5.41, 5.74) is 1.19. The van der Waals surface area contributed by atoms with Crippen LogP contribution in [0.5, 0.6) is 5.75 Å². The van der Waals surface area contributed by atoms with Crippen LogP contribution in [0.15, 0.2) is 36.4 Å². The van der Waals surface area contributed by atoms with Crippen LogP contribution in [-0.2, 0) is 13.1 Å². The van der Waals surface area contributed by atoms with Gasteiger partial charge in [-0.15, -0.1) is 23.7 Å². The lowest BCUT2D eigenvalue weighted by Gasteiger charge is -2.06. The summed E-state index contributed by atoms with van der Waals surface area (Å²) in [5.74, 6) is 0.890. The summed E-state index contributed by atoms with van der Waals surface area (Å²) in [7, 11) is 0. The van der Waals surface area contributed by atoms with Crippen LogP contribution in [0.1, 0.15) is 17.4 Å². The first-order valence-electron chi connectivity index (χ1n) is 5.94. The monoisotopic (exact) mass is 301 g/mol. The highest BCUT2D eigenvalue weighted by Crippen LogP contribution is 2.15. The molecule has 0 bridgehead atoms. The first kappa shape index (κ1) is 16.0. The number of ether oxygens (including phenoxy) is 1. The Balaban J connectivity index is 0.00000180. The Morgan fingerprint density at radius 3 is 2.42 bits per heavy atom. The van der Waals surface area contributed by atoms with Crippen molar-refractivity contribution in [3.05, 3.63) is 52.0 Å². The van der Waals surface area contributed by atoms with Gasteiger partial charge in [-0.3, -0.25) is 0 Å². The predicted molar refractivity (Wildman–Crippen MR) is 79.7 cm³/mol. The van der Waals surface area contributed by atoms with E-state index in [1.165, 1.54) is 23.0 Å². The molecule has 2 aromatic rings. The molecule has 5 heteroatoms. The molecule has 0 saturated carbocycles. The lowest BCUT2D eigenvalue weighted by atomic mass is 10.2. The van der Waals surface area contributed by atoms with Crippen molar-refractivity contribution in [3.63, 3.8) is 0 Å². The van der Waals surface area contributed by atoms with Gasteiger partial charge in [-0.1, -0.05) is 12.1 Å². The van der Waals surface area contributed by atoms with Gasteiger partial charge >= 0.3 is 0 Å². The van der Waals surface area contributed by atoms with Crippen LogP contribution in [-0.4, -0.2) is 6.61 Å². The summed E-state index contributed by atoms with van der Waals surface area (Å²) in [4.78, 5) is 1.01. The van der Waals surface area contributed by atoms with Gasteiger partial charge in [0.15, 0.2) is 5.13 Å². The van der Waals surface area contributed by atoms with Gasteiger partial charge in [-0.25, -0.2) is 0 Å². The molecule has 2 nitrogen and oxygen atoms in total. The highest BCUT2D eigenvalue weighted by molar-refractivity contribution is 7.10. The van der Waals surface area contributed by atoms with Gasteiger partial charge in [-0.05, 0) is 36.8 Å². The summed E-state index contributed by atoms with van der Waals surface area (Å²) < 4.78 is 18.1. The van der Waals surface area contributed by atoms with Crippen molar-refractivity contribution >= 4 is 23.7 Å². The summed E-state index contributed by atoms with van der Waals surface area (Å²) in [5, 5.41) is 3.15. The van der Waals surface area contributed by atoms with Crippen molar-refractivity contribution in [2.75, 3.05) is 6.61 Å².